The van der Waals surface area contributed by atoms with Gasteiger partial charge in [0.05, 0.1) is 18.9 Å². The fourth-order valence-corrected chi connectivity index (χ4v) is 4.46. The Labute approximate surface area is 148 Å². The lowest BCUT2D eigenvalue weighted by molar-refractivity contribution is -0.000927. The van der Waals surface area contributed by atoms with Crippen LogP contribution in [0.1, 0.15) is 48.5 Å². The molecule has 1 atom stereocenters. The van der Waals surface area contributed by atoms with Crippen molar-refractivity contribution in [1.82, 2.24) is 19.4 Å². The maximum atomic E-state index is 12.8. The first-order chi connectivity index (χ1) is 11.7. The number of rotatable bonds is 5. The second-order valence-corrected chi connectivity index (χ2v) is 7.57. The van der Waals surface area contributed by atoms with Crippen LogP contribution in [0, 0.1) is 5.92 Å². The van der Waals surface area contributed by atoms with Crippen molar-refractivity contribution < 1.29 is 9.53 Å². The molecule has 24 heavy (non-hydrogen) atoms. The van der Waals surface area contributed by atoms with E-state index >= 15 is 0 Å². The average molecular weight is 353 g/mol. The number of aryl methyl sites for hydroxylation is 1. The first-order valence-corrected chi connectivity index (χ1v) is 9.90. The molecule has 0 saturated carbocycles. The zero-order chi connectivity index (χ0) is 16.9. The molecule has 1 aromatic heterocycles. The summed E-state index contributed by atoms with van der Waals surface area (Å²) in [5, 5.41) is 4.13. The summed E-state index contributed by atoms with van der Waals surface area (Å²) in [5.41, 5.74) is 0.872. The van der Waals surface area contributed by atoms with Gasteiger partial charge in [-0.15, -0.1) is 5.10 Å². The third kappa shape index (κ3) is 3.95. The smallest absolute Gasteiger partial charge is 0.267 e. The number of aromatic nitrogens is 2. The molecule has 0 aliphatic carbocycles. The van der Waals surface area contributed by atoms with Crippen LogP contribution in [0.25, 0.3) is 0 Å². The van der Waals surface area contributed by atoms with Crippen LogP contribution in [0.3, 0.4) is 0 Å². The number of amides is 1. The summed E-state index contributed by atoms with van der Waals surface area (Å²) in [6.45, 7) is 9.90. The molecule has 0 radical (unpaired) electrons. The molecule has 1 amide bonds. The van der Waals surface area contributed by atoms with Crippen molar-refractivity contribution in [3.63, 3.8) is 0 Å². The Balaban J connectivity index is 1.54. The average Bonchev–Trinajstić information content (AvgIpc) is 3.10. The van der Waals surface area contributed by atoms with Gasteiger partial charge < -0.3 is 9.64 Å². The lowest BCUT2D eigenvalue weighted by Gasteiger charge is -2.40. The lowest BCUT2D eigenvalue weighted by Crippen LogP contribution is -2.49. The highest BCUT2D eigenvalue weighted by Crippen LogP contribution is 2.26. The van der Waals surface area contributed by atoms with Gasteiger partial charge in [-0.25, -0.2) is 0 Å². The minimum atomic E-state index is 0.130. The number of carbonyl (C=O) groups is 1. The minimum absolute atomic E-state index is 0.130. The van der Waals surface area contributed by atoms with E-state index < -0.39 is 0 Å². The molecule has 2 aliphatic heterocycles. The highest BCUT2D eigenvalue weighted by molar-refractivity contribution is 7.08. The Bertz CT molecular complexity index is 536. The van der Waals surface area contributed by atoms with E-state index in [1.54, 1.807) is 0 Å². The van der Waals surface area contributed by atoms with E-state index in [9.17, 15) is 4.79 Å². The van der Waals surface area contributed by atoms with Gasteiger partial charge in [-0.2, -0.15) is 0 Å². The van der Waals surface area contributed by atoms with Crippen LogP contribution >= 0.6 is 11.5 Å². The van der Waals surface area contributed by atoms with E-state index in [0.29, 0.717) is 12.0 Å². The summed E-state index contributed by atoms with van der Waals surface area (Å²) in [6.07, 6.45) is 3.99. The van der Waals surface area contributed by atoms with E-state index in [2.05, 4.69) is 28.3 Å². The number of likely N-dealkylation sites (tertiary alicyclic amines) is 1. The number of piperidine rings is 1. The first kappa shape index (κ1) is 17.8. The first-order valence-electron chi connectivity index (χ1n) is 9.13. The molecule has 0 aromatic carbocycles. The van der Waals surface area contributed by atoms with Gasteiger partial charge in [0.1, 0.15) is 4.88 Å². The van der Waals surface area contributed by atoms with Crippen molar-refractivity contribution in [3.8, 4) is 0 Å². The van der Waals surface area contributed by atoms with Crippen LogP contribution < -0.4 is 0 Å². The number of hydrogen-bond acceptors (Lipinski definition) is 6. The van der Waals surface area contributed by atoms with Crippen LogP contribution in [0.2, 0.25) is 0 Å². The predicted octanol–water partition coefficient (Wildman–Crippen LogP) is 2.06. The standard InChI is InChI=1S/C17H28N4O2S/c1-3-4-15-16(24-19-18-15)17(22)21-7-5-14(6-8-21)13(2)20-9-11-23-12-10-20/h13-14H,3-12H2,1-2H3/t13-/m0/s1. The summed E-state index contributed by atoms with van der Waals surface area (Å²) < 4.78 is 9.44. The monoisotopic (exact) mass is 352 g/mol. The van der Waals surface area contributed by atoms with Gasteiger partial charge in [-0.05, 0) is 43.6 Å². The van der Waals surface area contributed by atoms with Crippen molar-refractivity contribution in [2.45, 2.75) is 45.6 Å². The van der Waals surface area contributed by atoms with Gasteiger partial charge in [-0.1, -0.05) is 17.8 Å². The van der Waals surface area contributed by atoms with Crippen LogP contribution in [0.4, 0.5) is 0 Å². The molecule has 2 aliphatic rings. The molecule has 2 fully saturated rings. The van der Waals surface area contributed by atoms with Gasteiger partial charge in [-0.3, -0.25) is 9.69 Å². The highest BCUT2D eigenvalue weighted by atomic mass is 32.1. The second-order valence-electron chi connectivity index (χ2n) is 6.82. The van der Waals surface area contributed by atoms with Gasteiger partial charge >= 0.3 is 0 Å². The van der Waals surface area contributed by atoms with Crippen molar-refractivity contribution in [3.05, 3.63) is 10.6 Å². The maximum absolute atomic E-state index is 12.8. The Morgan fingerprint density at radius 1 is 1.29 bits per heavy atom. The normalized spacial score (nSPS) is 21.8. The predicted molar refractivity (Wildman–Crippen MR) is 94.4 cm³/mol. The second kappa shape index (κ2) is 8.36. The van der Waals surface area contributed by atoms with Crippen LogP contribution in [0.5, 0.6) is 0 Å². The third-order valence-electron chi connectivity index (χ3n) is 5.37. The SMILES string of the molecule is CCCc1nnsc1C(=O)N1CCC([C@H](C)N2CCOCC2)CC1. The Morgan fingerprint density at radius 2 is 2.00 bits per heavy atom. The molecular weight excluding hydrogens is 324 g/mol. The van der Waals surface area contributed by atoms with E-state index in [0.717, 1.165) is 75.6 Å². The number of nitrogens with zero attached hydrogens (tertiary/aromatic N) is 4. The molecule has 6 nitrogen and oxygen atoms in total. The molecule has 3 heterocycles. The molecule has 0 unspecified atom stereocenters. The molecule has 134 valence electrons. The van der Waals surface area contributed by atoms with Crippen molar-refractivity contribution in [2.75, 3.05) is 39.4 Å². The lowest BCUT2D eigenvalue weighted by atomic mass is 9.89. The number of ether oxygens (including phenoxy) is 1. The van der Waals surface area contributed by atoms with Crippen molar-refractivity contribution in [2.24, 2.45) is 5.92 Å². The van der Waals surface area contributed by atoms with E-state index in [1.807, 2.05) is 4.90 Å². The maximum Gasteiger partial charge on any atom is 0.267 e. The molecule has 1 aromatic rings. The van der Waals surface area contributed by atoms with E-state index in [4.69, 9.17) is 4.74 Å². The van der Waals surface area contributed by atoms with Gasteiger partial charge in [0.25, 0.3) is 5.91 Å². The van der Waals surface area contributed by atoms with Crippen molar-refractivity contribution >= 4 is 17.4 Å². The molecule has 3 rings (SSSR count). The largest absolute Gasteiger partial charge is 0.379 e. The van der Waals surface area contributed by atoms with Crippen LogP contribution in [-0.2, 0) is 11.2 Å². The molecule has 0 bridgehead atoms. The molecule has 0 spiro atoms. The molecule has 7 heteroatoms. The third-order valence-corrected chi connectivity index (χ3v) is 6.12. The fraction of sp³-hybridized carbons (Fsp3) is 0.824. The van der Waals surface area contributed by atoms with Crippen LogP contribution in [-0.4, -0.2) is 70.7 Å². The molecule has 2 saturated heterocycles. The highest BCUT2D eigenvalue weighted by Gasteiger charge is 2.31. The Morgan fingerprint density at radius 3 is 2.67 bits per heavy atom. The summed E-state index contributed by atoms with van der Waals surface area (Å²) in [5.74, 6) is 0.799. The number of morpholine rings is 1. The summed E-state index contributed by atoms with van der Waals surface area (Å²) >= 11 is 1.25. The number of carbonyl (C=O) groups excluding carboxylic acids is 1. The topological polar surface area (TPSA) is 58.6 Å². The van der Waals surface area contributed by atoms with Crippen molar-refractivity contribution in [1.29, 1.82) is 0 Å². The minimum Gasteiger partial charge on any atom is -0.379 e. The van der Waals surface area contributed by atoms with Gasteiger partial charge in [0.2, 0.25) is 0 Å². The number of hydrogen-bond donors (Lipinski definition) is 0. The molecular formula is C17H28N4O2S. The summed E-state index contributed by atoms with van der Waals surface area (Å²) in [6, 6.07) is 0.576. The Hall–Kier alpha value is -1.05. The van der Waals surface area contributed by atoms with E-state index in [-0.39, 0.29) is 5.91 Å². The van der Waals surface area contributed by atoms with Crippen LogP contribution in [0.15, 0.2) is 0 Å². The van der Waals surface area contributed by atoms with E-state index in [1.165, 1.54) is 11.5 Å². The fourth-order valence-electron chi connectivity index (χ4n) is 3.78. The quantitative estimate of drug-likeness (QED) is 0.812. The Kier molecular flexibility index (Phi) is 6.19. The summed E-state index contributed by atoms with van der Waals surface area (Å²) in [7, 11) is 0. The zero-order valence-corrected chi connectivity index (χ0v) is 15.6. The summed E-state index contributed by atoms with van der Waals surface area (Å²) in [4.78, 5) is 18.0. The van der Waals surface area contributed by atoms with Gasteiger partial charge in [0, 0.05) is 32.2 Å². The molecule has 0 N–H and O–H groups in total. The zero-order valence-electron chi connectivity index (χ0n) is 14.7. The van der Waals surface area contributed by atoms with Gasteiger partial charge in [0.15, 0.2) is 0 Å².